The van der Waals surface area contributed by atoms with E-state index in [1.165, 1.54) is 19.1 Å². The predicted octanol–water partition coefficient (Wildman–Crippen LogP) is 4.67. The van der Waals surface area contributed by atoms with Crippen LogP contribution in [0.2, 0.25) is 0 Å². The molecule has 0 radical (unpaired) electrons. The van der Waals surface area contributed by atoms with E-state index in [-0.39, 0.29) is 5.56 Å². The van der Waals surface area contributed by atoms with Crippen LogP contribution >= 0.6 is 0 Å². The summed E-state index contributed by atoms with van der Waals surface area (Å²) in [5.74, 6) is 0. The molecular formula is C14H19F4NOS. The minimum atomic E-state index is -3.02. The first-order valence-corrected chi connectivity index (χ1v) is 7.57. The molecule has 0 fully saturated rings. The summed E-state index contributed by atoms with van der Waals surface area (Å²) in [6, 6.07) is 2.92. The van der Waals surface area contributed by atoms with Crippen molar-refractivity contribution in [3.8, 4) is 0 Å². The number of hydrogen-bond acceptors (Lipinski definition) is 1. The zero-order chi connectivity index (χ0) is 16.4. The van der Waals surface area contributed by atoms with Gasteiger partial charge in [-0.1, -0.05) is 18.2 Å². The van der Waals surface area contributed by atoms with E-state index in [0.29, 0.717) is 0 Å². The molecule has 0 aromatic heterocycles. The van der Waals surface area contributed by atoms with Crippen LogP contribution < -0.4 is 4.72 Å². The van der Waals surface area contributed by atoms with Crippen LogP contribution in [0.1, 0.15) is 63.3 Å². The molecule has 1 rings (SSSR count). The predicted molar refractivity (Wildman–Crippen MR) is 75.8 cm³/mol. The van der Waals surface area contributed by atoms with Crippen LogP contribution in [-0.4, -0.2) is 8.96 Å². The first kappa shape index (κ1) is 18.1. The molecule has 1 aromatic rings. The van der Waals surface area contributed by atoms with Crippen LogP contribution in [0, 0.1) is 0 Å². The van der Waals surface area contributed by atoms with Crippen molar-refractivity contribution < 1.29 is 21.8 Å². The average Bonchev–Trinajstić information content (AvgIpc) is 2.36. The Balaban J connectivity index is 3.18. The SMILES string of the molecule is C[C@@H](NS(=O)C(C)(C)C)c1cccc(C(F)F)c1C(F)F. The molecular weight excluding hydrogens is 306 g/mol. The van der Waals surface area contributed by atoms with E-state index < -0.39 is 45.8 Å². The minimum absolute atomic E-state index is 0.0420. The molecule has 1 unspecified atom stereocenters. The molecule has 7 heteroatoms. The Bertz CT molecular complexity index is 514. The van der Waals surface area contributed by atoms with Gasteiger partial charge in [0, 0.05) is 17.2 Å². The summed E-state index contributed by atoms with van der Waals surface area (Å²) < 4.78 is 66.1. The number of hydrogen-bond donors (Lipinski definition) is 1. The third-order valence-corrected chi connectivity index (χ3v) is 4.61. The summed E-state index contributed by atoms with van der Waals surface area (Å²) in [5, 5.41) is 0. The molecule has 0 aliphatic rings. The van der Waals surface area contributed by atoms with E-state index in [2.05, 4.69) is 4.72 Å². The monoisotopic (exact) mass is 325 g/mol. The molecule has 0 bridgehead atoms. The number of halogens is 4. The molecule has 0 amide bonds. The van der Waals surface area contributed by atoms with Crippen LogP contribution in [0.5, 0.6) is 0 Å². The number of nitrogens with one attached hydrogen (secondary N) is 1. The molecule has 120 valence electrons. The minimum Gasteiger partial charge on any atom is -0.242 e. The third kappa shape index (κ3) is 4.51. The molecule has 0 aliphatic heterocycles. The first-order valence-electron chi connectivity index (χ1n) is 6.42. The Morgan fingerprint density at radius 2 is 1.57 bits per heavy atom. The van der Waals surface area contributed by atoms with Crippen LogP contribution in [0.3, 0.4) is 0 Å². The van der Waals surface area contributed by atoms with Gasteiger partial charge in [0.1, 0.15) is 0 Å². The fourth-order valence-corrected chi connectivity index (χ4v) is 2.62. The molecule has 0 saturated carbocycles. The Morgan fingerprint density at radius 3 is 2.00 bits per heavy atom. The maximum Gasteiger partial charge on any atom is 0.264 e. The van der Waals surface area contributed by atoms with E-state index in [9.17, 15) is 21.8 Å². The van der Waals surface area contributed by atoms with Gasteiger partial charge in [0.15, 0.2) is 0 Å². The van der Waals surface area contributed by atoms with Gasteiger partial charge in [-0.2, -0.15) is 0 Å². The summed E-state index contributed by atoms with van der Waals surface area (Å²) in [4.78, 5) is 0. The summed E-state index contributed by atoms with van der Waals surface area (Å²) in [6.07, 6.45) is -5.99. The van der Waals surface area contributed by atoms with E-state index >= 15 is 0 Å². The molecule has 1 N–H and O–H groups in total. The standard InChI is InChI=1S/C14H19F4NOS/c1-8(19-21(20)14(2,3)4)9-6-5-7-10(12(15)16)11(9)13(17)18/h5-8,12-13,19H,1-4H3/t8-,21?/m1/s1. The number of benzene rings is 1. The Morgan fingerprint density at radius 1 is 1.05 bits per heavy atom. The van der Waals surface area contributed by atoms with Crippen molar-refractivity contribution in [2.75, 3.05) is 0 Å². The van der Waals surface area contributed by atoms with Crippen LogP contribution in [0.25, 0.3) is 0 Å². The lowest BCUT2D eigenvalue weighted by Gasteiger charge is -2.24. The largest absolute Gasteiger partial charge is 0.264 e. The van der Waals surface area contributed by atoms with Crippen molar-refractivity contribution >= 4 is 11.0 Å². The molecule has 0 spiro atoms. The van der Waals surface area contributed by atoms with Crippen molar-refractivity contribution in [2.24, 2.45) is 0 Å². The highest BCUT2D eigenvalue weighted by Crippen LogP contribution is 2.35. The summed E-state index contributed by atoms with van der Waals surface area (Å²) in [7, 11) is -1.49. The van der Waals surface area contributed by atoms with Crippen molar-refractivity contribution in [1.29, 1.82) is 0 Å². The second kappa shape index (κ2) is 6.87. The van der Waals surface area contributed by atoms with Crippen LogP contribution in [0.15, 0.2) is 18.2 Å². The zero-order valence-electron chi connectivity index (χ0n) is 12.3. The molecule has 21 heavy (non-hydrogen) atoms. The molecule has 0 saturated heterocycles. The lowest BCUT2D eigenvalue weighted by molar-refractivity contribution is 0.123. The summed E-state index contributed by atoms with van der Waals surface area (Å²) >= 11 is 0. The van der Waals surface area contributed by atoms with Crippen LogP contribution in [0.4, 0.5) is 17.6 Å². The first-order chi connectivity index (χ1) is 9.55. The van der Waals surface area contributed by atoms with Gasteiger partial charge in [0.25, 0.3) is 12.9 Å². The Labute approximate surface area is 124 Å². The van der Waals surface area contributed by atoms with Gasteiger partial charge in [-0.3, -0.25) is 0 Å². The number of rotatable bonds is 5. The van der Waals surface area contributed by atoms with E-state index in [1.807, 2.05) is 0 Å². The van der Waals surface area contributed by atoms with Crippen molar-refractivity contribution in [2.45, 2.75) is 51.3 Å². The van der Waals surface area contributed by atoms with Gasteiger partial charge in [0.2, 0.25) is 0 Å². The van der Waals surface area contributed by atoms with Crippen LogP contribution in [-0.2, 0) is 11.0 Å². The van der Waals surface area contributed by atoms with E-state index in [1.54, 1.807) is 20.8 Å². The Kier molecular flexibility index (Phi) is 5.92. The maximum atomic E-state index is 13.1. The van der Waals surface area contributed by atoms with Gasteiger partial charge >= 0.3 is 0 Å². The van der Waals surface area contributed by atoms with Gasteiger partial charge < -0.3 is 0 Å². The topological polar surface area (TPSA) is 29.1 Å². The van der Waals surface area contributed by atoms with Gasteiger partial charge in [-0.05, 0) is 33.3 Å². The zero-order valence-corrected chi connectivity index (χ0v) is 13.1. The highest BCUT2D eigenvalue weighted by Gasteiger charge is 2.27. The quantitative estimate of drug-likeness (QED) is 0.783. The normalized spacial score (nSPS) is 15.5. The highest BCUT2D eigenvalue weighted by molar-refractivity contribution is 7.84. The van der Waals surface area contributed by atoms with E-state index in [4.69, 9.17) is 0 Å². The lowest BCUT2D eigenvalue weighted by atomic mass is 9.97. The van der Waals surface area contributed by atoms with Gasteiger partial charge in [0.05, 0.1) is 15.7 Å². The van der Waals surface area contributed by atoms with Gasteiger partial charge in [-0.25, -0.2) is 26.5 Å². The fraction of sp³-hybridized carbons (Fsp3) is 0.571. The third-order valence-electron chi connectivity index (χ3n) is 2.93. The average molecular weight is 325 g/mol. The molecule has 1 aromatic carbocycles. The summed E-state index contributed by atoms with van der Waals surface area (Å²) in [6.45, 7) is 6.71. The van der Waals surface area contributed by atoms with Gasteiger partial charge in [-0.15, -0.1) is 0 Å². The van der Waals surface area contributed by atoms with E-state index in [0.717, 1.165) is 6.07 Å². The molecule has 0 aliphatic carbocycles. The highest BCUT2D eigenvalue weighted by atomic mass is 32.2. The molecule has 0 heterocycles. The molecule has 2 nitrogen and oxygen atoms in total. The summed E-state index contributed by atoms with van der Waals surface area (Å²) in [5.41, 5.74) is -1.32. The fourth-order valence-electron chi connectivity index (χ4n) is 1.82. The second-order valence-corrected chi connectivity index (χ2v) is 7.67. The lowest BCUT2D eigenvalue weighted by Crippen LogP contribution is -2.35. The maximum absolute atomic E-state index is 13.1. The van der Waals surface area contributed by atoms with Crippen molar-refractivity contribution in [3.05, 3.63) is 34.9 Å². The Hall–Kier alpha value is -0.950. The van der Waals surface area contributed by atoms with Crippen molar-refractivity contribution in [1.82, 2.24) is 4.72 Å². The molecule has 2 atom stereocenters. The number of alkyl halides is 4. The van der Waals surface area contributed by atoms with Crippen molar-refractivity contribution in [3.63, 3.8) is 0 Å². The smallest absolute Gasteiger partial charge is 0.242 e. The second-order valence-electron chi connectivity index (χ2n) is 5.67.